The molecule has 2 aromatic rings. The number of methoxy groups -OCH3 is 1. The molecule has 3 rings (SSSR count). The number of ether oxygens (including phenoxy) is 1. The first kappa shape index (κ1) is 13.1. The van der Waals surface area contributed by atoms with Crippen molar-refractivity contribution in [3.8, 4) is 11.3 Å². The molecular weight excluding hydrogens is 256 g/mol. The van der Waals surface area contributed by atoms with Crippen LogP contribution >= 0.6 is 0 Å². The lowest BCUT2D eigenvalue weighted by atomic mass is 10.0. The van der Waals surface area contributed by atoms with Crippen molar-refractivity contribution in [3.05, 3.63) is 34.6 Å². The molecule has 0 saturated heterocycles. The molecule has 2 aromatic heterocycles. The van der Waals surface area contributed by atoms with Gasteiger partial charge >= 0.3 is 0 Å². The molecule has 2 heterocycles. The van der Waals surface area contributed by atoms with Gasteiger partial charge in [0.05, 0.1) is 11.9 Å². The van der Waals surface area contributed by atoms with E-state index < -0.39 is 5.60 Å². The summed E-state index contributed by atoms with van der Waals surface area (Å²) in [5.41, 5.74) is 0.874. The van der Waals surface area contributed by atoms with Crippen molar-refractivity contribution in [2.45, 2.75) is 31.3 Å². The fraction of sp³-hybridized carbons (Fsp3) is 0.500. The third kappa shape index (κ3) is 2.16. The van der Waals surface area contributed by atoms with Gasteiger partial charge in [0, 0.05) is 32.0 Å². The Morgan fingerprint density at radius 2 is 2.15 bits per heavy atom. The van der Waals surface area contributed by atoms with E-state index in [0.29, 0.717) is 11.5 Å². The number of aromatic amines is 1. The number of nitrogens with zero attached hydrogens (tertiary/aromatic N) is 3. The molecule has 0 atom stereocenters. The summed E-state index contributed by atoms with van der Waals surface area (Å²) in [7, 11) is 3.52. The Bertz CT molecular complexity index is 668. The van der Waals surface area contributed by atoms with E-state index in [4.69, 9.17) is 4.74 Å². The molecule has 0 aromatic carbocycles. The van der Waals surface area contributed by atoms with Gasteiger partial charge < -0.3 is 9.72 Å². The molecule has 1 N–H and O–H groups in total. The fourth-order valence-electron chi connectivity index (χ4n) is 2.86. The van der Waals surface area contributed by atoms with Crippen molar-refractivity contribution in [3.63, 3.8) is 0 Å². The van der Waals surface area contributed by atoms with Crippen LogP contribution in [0.4, 0.5) is 0 Å². The third-order valence-corrected chi connectivity index (χ3v) is 3.98. The number of nitrogens with one attached hydrogen (secondary N) is 1. The van der Waals surface area contributed by atoms with Crippen molar-refractivity contribution in [1.82, 2.24) is 19.7 Å². The minimum atomic E-state index is -0.447. The second kappa shape index (κ2) is 4.86. The molecule has 6 nitrogen and oxygen atoms in total. The number of aryl methyl sites for hydroxylation is 1. The van der Waals surface area contributed by atoms with E-state index in [1.54, 1.807) is 18.0 Å². The first-order chi connectivity index (χ1) is 9.63. The summed E-state index contributed by atoms with van der Waals surface area (Å²) in [6.45, 7) is 0. The number of hydrogen-bond donors (Lipinski definition) is 1. The number of hydrogen-bond acceptors (Lipinski definition) is 4. The molecule has 106 valence electrons. The van der Waals surface area contributed by atoms with Gasteiger partial charge in [-0.15, -0.1) is 0 Å². The minimum absolute atomic E-state index is 0.155. The first-order valence-corrected chi connectivity index (χ1v) is 6.79. The Morgan fingerprint density at radius 3 is 2.75 bits per heavy atom. The van der Waals surface area contributed by atoms with Crippen LogP contribution in [0, 0.1) is 0 Å². The van der Waals surface area contributed by atoms with E-state index in [9.17, 15) is 4.79 Å². The molecule has 1 aliphatic carbocycles. The molecule has 6 heteroatoms. The summed E-state index contributed by atoms with van der Waals surface area (Å²) in [5, 5.41) is 4.12. The Morgan fingerprint density at radius 1 is 1.40 bits per heavy atom. The lowest BCUT2D eigenvalue weighted by molar-refractivity contribution is -0.0164. The van der Waals surface area contributed by atoms with Crippen molar-refractivity contribution in [1.29, 1.82) is 0 Å². The summed E-state index contributed by atoms with van der Waals surface area (Å²) >= 11 is 0. The van der Waals surface area contributed by atoms with Crippen molar-refractivity contribution >= 4 is 0 Å². The van der Waals surface area contributed by atoms with Gasteiger partial charge in [-0.25, -0.2) is 4.98 Å². The third-order valence-electron chi connectivity index (χ3n) is 3.98. The number of rotatable bonds is 3. The summed E-state index contributed by atoms with van der Waals surface area (Å²) in [5.74, 6) is 0.629. The molecule has 1 aliphatic rings. The van der Waals surface area contributed by atoms with E-state index in [1.807, 2.05) is 13.2 Å². The van der Waals surface area contributed by atoms with E-state index in [-0.39, 0.29) is 5.56 Å². The molecule has 0 bridgehead atoms. The molecule has 0 aliphatic heterocycles. The van der Waals surface area contributed by atoms with Gasteiger partial charge in [0.1, 0.15) is 11.4 Å². The van der Waals surface area contributed by atoms with Crippen LogP contribution in [0.15, 0.2) is 23.3 Å². The van der Waals surface area contributed by atoms with Crippen LogP contribution in [0.2, 0.25) is 0 Å². The first-order valence-electron chi connectivity index (χ1n) is 6.79. The molecule has 20 heavy (non-hydrogen) atoms. The average molecular weight is 274 g/mol. The van der Waals surface area contributed by atoms with Crippen LogP contribution < -0.4 is 5.56 Å². The molecule has 1 saturated carbocycles. The SMILES string of the molecule is COC1(c2nc(-c3cnn(C)c3)cc(=O)[nH]2)CCCC1. The summed E-state index contributed by atoms with van der Waals surface area (Å²) in [6.07, 6.45) is 7.52. The van der Waals surface area contributed by atoms with Gasteiger partial charge in [0.25, 0.3) is 5.56 Å². The predicted molar refractivity (Wildman–Crippen MR) is 74.2 cm³/mol. The molecule has 0 amide bonds. The molecule has 0 unspecified atom stereocenters. The number of H-pyrrole nitrogens is 1. The summed E-state index contributed by atoms with van der Waals surface area (Å²) < 4.78 is 7.38. The van der Waals surface area contributed by atoms with E-state index in [0.717, 1.165) is 31.2 Å². The van der Waals surface area contributed by atoms with E-state index in [1.165, 1.54) is 6.07 Å². The van der Waals surface area contributed by atoms with E-state index in [2.05, 4.69) is 15.1 Å². The zero-order chi connectivity index (χ0) is 14.2. The second-order valence-electron chi connectivity index (χ2n) is 5.29. The zero-order valence-electron chi connectivity index (χ0n) is 11.7. The Balaban J connectivity index is 2.09. The van der Waals surface area contributed by atoms with Crippen LogP contribution in [-0.2, 0) is 17.4 Å². The monoisotopic (exact) mass is 274 g/mol. The maximum atomic E-state index is 11.9. The molecule has 0 spiro atoms. The maximum Gasteiger partial charge on any atom is 0.251 e. The Kier molecular flexibility index (Phi) is 3.17. The smallest absolute Gasteiger partial charge is 0.251 e. The van der Waals surface area contributed by atoms with Crippen LogP contribution in [0.25, 0.3) is 11.3 Å². The largest absolute Gasteiger partial charge is 0.370 e. The van der Waals surface area contributed by atoms with Crippen molar-refractivity contribution in [2.24, 2.45) is 7.05 Å². The highest BCUT2D eigenvalue weighted by atomic mass is 16.5. The van der Waals surface area contributed by atoms with Gasteiger partial charge in [0.15, 0.2) is 0 Å². The lowest BCUT2D eigenvalue weighted by Gasteiger charge is -2.26. The van der Waals surface area contributed by atoms with E-state index >= 15 is 0 Å². The molecule has 1 fully saturated rings. The normalized spacial score (nSPS) is 17.5. The Labute approximate surface area is 116 Å². The molecule has 0 radical (unpaired) electrons. The van der Waals surface area contributed by atoms with Crippen LogP contribution in [0.5, 0.6) is 0 Å². The molecular formula is C14H18N4O2. The van der Waals surface area contributed by atoms with Gasteiger partial charge in [0.2, 0.25) is 0 Å². The van der Waals surface area contributed by atoms with Crippen LogP contribution in [0.3, 0.4) is 0 Å². The lowest BCUT2D eigenvalue weighted by Crippen LogP contribution is -2.30. The van der Waals surface area contributed by atoms with Gasteiger partial charge in [-0.1, -0.05) is 0 Å². The maximum absolute atomic E-state index is 11.9. The average Bonchev–Trinajstić information content (AvgIpc) is 3.07. The topological polar surface area (TPSA) is 72.8 Å². The van der Waals surface area contributed by atoms with Crippen LogP contribution in [-0.4, -0.2) is 26.9 Å². The van der Waals surface area contributed by atoms with Gasteiger partial charge in [-0.05, 0) is 25.7 Å². The van der Waals surface area contributed by atoms with Crippen LogP contribution in [0.1, 0.15) is 31.5 Å². The van der Waals surface area contributed by atoms with Gasteiger partial charge in [-0.3, -0.25) is 9.48 Å². The number of aromatic nitrogens is 4. The zero-order valence-corrected chi connectivity index (χ0v) is 11.7. The fourth-order valence-corrected chi connectivity index (χ4v) is 2.86. The minimum Gasteiger partial charge on any atom is -0.370 e. The van der Waals surface area contributed by atoms with Gasteiger partial charge in [-0.2, -0.15) is 5.10 Å². The summed E-state index contributed by atoms with van der Waals surface area (Å²) in [4.78, 5) is 19.4. The predicted octanol–water partition coefficient (Wildman–Crippen LogP) is 1.59. The Hall–Kier alpha value is -1.95. The quantitative estimate of drug-likeness (QED) is 0.922. The highest BCUT2D eigenvalue weighted by Gasteiger charge is 2.38. The van der Waals surface area contributed by atoms with Crippen molar-refractivity contribution in [2.75, 3.05) is 7.11 Å². The standard InChI is InChI=1S/C14H18N4O2/c1-18-9-10(8-15-18)11-7-12(19)17-13(16-11)14(20-2)5-3-4-6-14/h7-9H,3-6H2,1-2H3,(H,16,17,19). The van der Waals surface area contributed by atoms with Crippen molar-refractivity contribution < 1.29 is 4.74 Å². The summed E-state index contributed by atoms with van der Waals surface area (Å²) in [6, 6.07) is 1.50. The highest BCUT2D eigenvalue weighted by Crippen LogP contribution is 2.39. The highest BCUT2D eigenvalue weighted by molar-refractivity contribution is 5.56. The second-order valence-corrected chi connectivity index (χ2v) is 5.29.